The van der Waals surface area contributed by atoms with Gasteiger partial charge in [0, 0.05) is 26.1 Å². The van der Waals surface area contributed by atoms with Crippen LogP contribution in [0.25, 0.3) is 0 Å². The van der Waals surface area contributed by atoms with E-state index in [0.717, 1.165) is 19.6 Å². The van der Waals surface area contributed by atoms with Crippen molar-refractivity contribution in [2.24, 2.45) is 0 Å². The van der Waals surface area contributed by atoms with Crippen LogP contribution >= 0.6 is 0 Å². The molecular weight excluding hydrogens is 128 g/mol. The third-order valence-electron chi connectivity index (χ3n) is 1.61. The van der Waals surface area contributed by atoms with E-state index in [1.165, 1.54) is 0 Å². The van der Waals surface area contributed by atoms with E-state index >= 15 is 0 Å². The van der Waals surface area contributed by atoms with Gasteiger partial charge in [0.15, 0.2) is 0 Å². The summed E-state index contributed by atoms with van der Waals surface area (Å²) < 4.78 is 0. The van der Waals surface area contributed by atoms with Crippen molar-refractivity contribution in [3.05, 3.63) is 6.54 Å². The molecule has 1 fully saturated rings. The van der Waals surface area contributed by atoms with Crippen LogP contribution in [0.1, 0.15) is 13.3 Å². The quantitative estimate of drug-likeness (QED) is 0.557. The number of carbonyl (C=O) groups excluding carboxylic acids is 1. The monoisotopic (exact) mass is 141 g/mol. The van der Waals surface area contributed by atoms with E-state index in [2.05, 4.69) is 5.32 Å². The van der Waals surface area contributed by atoms with Crippen LogP contribution in [-0.2, 0) is 4.79 Å². The van der Waals surface area contributed by atoms with Crippen LogP contribution in [0.2, 0.25) is 0 Å². The van der Waals surface area contributed by atoms with Gasteiger partial charge in [0.05, 0.1) is 6.54 Å². The van der Waals surface area contributed by atoms with E-state index in [9.17, 15) is 4.79 Å². The molecule has 1 rings (SSSR count). The minimum absolute atomic E-state index is 0.224. The van der Waals surface area contributed by atoms with Gasteiger partial charge in [0.25, 0.3) is 0 Å². The Morgan fingerprint density at radius 1 is 1.80 bits per heavy atom. The third-order valence-corrected chi connectivity index (χ3v) is 1.61. The average Bonchev–Trinajstić information content (AvgIpc) is 2.05. The number of carbonyl (C=O) groups is 1. The summed E-state index contributed by atoms with van der Waals surface area (Å²) in [6, 6.07) is 0. The molecule has 1 N–H and O–H groups in total. The van der Waals surface area contributed by atoms with Crippen molar-refractivity contribution in [2.45, 2.75) is 13.3 Å². The molecule has 1 amide bonds. The highest BCUT2D eigenvalue weighted by Crippen LogP contribution is 1.99. The number of rotatable bonds is 1. The normalized spacial score (nSPS) is 19.1. The molecular formula is C7H13N2O. The Kier molecular flexibility index (Phi) is 2.68. The molecule has 0 aromatic rings. The summed E-state index contributed by atoms with van der Waals surface area (Å²) in [7, 11) is 0. The molecule has 0 saturated carbocycles. The lowest BCUT2D eigenvalue weighted by atomic mass is 10.3. The maximum atomic E-state index is 11.0. The minimum atomic E-state index is 0.224. The fraction of sp³-hybridized carbons (Fsp3) is 0.714. The first-order chi connectivity index (χ1) is 4.84. The van der Waals surface area contributed by atoms with E-state index in [1.807, 2.05) is 13.5 Å². The summed E-state index contributed by atoms with van der Waals surface area (Å²) in [5.74, 6) is 0.224. The summed E-state index contributed by atoms with van der Waals surface area (Å²) in [6.07, 6.45) is 0.608. The van der Waals surface area contributed by atoms with Gasteiger partial charge in [-0.2, -0.15) is 0 Å². The number of hydrogen-bond acceptors (Lipinski definition) is 2. The van der Waals surface area contributed by atoms with E-state index in [-0.39, 0.29) is 5.91 Å². The highest BCUT2D eigenvalue weighted by atomic mass is 16.2. The third kappa shape index (κ3) is 1.70. The van der Waals surface area contributed by atoms with Crippen LogP contribution in [-0.4, -0.2) is 30.4 Å². The van der Waals surface area contributed by atoms with Crippen LogP contribution in [0, 0.1) is 6.54 Å². The van der Waals surface area contributed by atoms with Crippen LogP contribution in [0.4, 0.5) is 0 Å². The van der Waals surface area contributed by atoms with Gasteiger partial charge in [0.1, 0.15) is 0 Å². The van der Waals surface area contributed by atoms with Crippen LogP contribution < -0.4 is 5.32 Å². The summed E-state index contributed by atoms with van der Waals surface area (Å²) in [6.45, 7) is 6.37. The molecule has 0 spiro atoms. The predicted molar refractivity (Wildman–Crippen MR) is 39.2 cm³/mol. The second-order valence-electron chi connectivity index (χ2n) is 2.33. The van der Waals surface area contributed by atoms with Crippen LogP contribution in [0.3, 0.4) is 0 Å². The number of amides is 1. The molecule has 0 atom stereocenters. The van der Waals surface area contributed by atoms with Gasteiger partial charge in [0.2, 0.25) is 5.91 Å². The molecule has 3 heteroatoms. The lowest BCUT2D eigenvalue weighted by molar-refractivity contribution is -0.129. The van der Waals surface area contributed by atoms with Gasteiger partial charge in [-0.1, -0.05) is 6.92 Å². The van der Waals surface area contributed by atoms with Gasteiger partial charge in [-0.3, -0.25) is 4.79 Å². The maximum Gasteiger partial charge on any atom is 0.222 e. The zero-order valence-corrected chi connectivity index (χ0v) is 6.26. The summed E-state index contributed by atoms with van der Waals surface area (Å²) in [5, 5.41) is 3.14. The zero-order chi connectivity index (χ0) is 7.40. The van der Waals surface area contributed by atoms with Gasteiger partial charge < -0.3 is 10.2 Å². The molecule has 1 aliphatic heterocycles. The van der Waals surface area contributed by atoms with E-state index in [1.54, 1.807) is 4.90 Å². The topological polar surface area (TPSA) is 32.3 Å². The summed E-state index contributed by atoms with van der Waals surface area (Å²) in [5.41, 5.74) is 0. The average molecular weight is 141 g/mol. The Morgan fingerprint density at radius 3 is 3.10 bits per heavy atom. The molecule has 0 aromatic heterocycles. The fourth-order valence-electron chi connectivity index (χ4n) is 0.997. The van der Waals surface area contributed by atoms with Crippen molar-refractivity contribution in [2.75, 3.05) is 19.6 Å². The molecule has 0 unspecified atom stereocenters. The van der Waals surface area contributed by atoms with E-state index in [4.69, 9.17) is 0 Å². The number of hydrogen-bond donors (Lipinski definition) is 1. The van der Waals surface area contributed by atoms with Gasteiger partial charge >= 0.3 is 0 Å². The van der Waals surface area contributed by atoms with Crippen molar-refractivity contribution >= 4 is 5.91 Å². The minimum Gasteiger partial charge on any atom is -0.335 e. The van der Waals surface area contributed by atoms with Crippen molar-refractivity contribution in [3.8, 4) is 0 Å². The number of nitrogens with one attached hydrogen (secondary N) is 1. The molecule has 1 radical (unpaired) electrons. The molecule has 0 aliphatic carbocycles. The molecule has 3 nitrogen and oxygen atoms in total. The first-order valence-corrected chi connectivity index (χ1v) is 3.68. The molecule has 1 saturated heterocycles. The molecule has 0 aromatic carbocycles. The van der Waals surface area contributed by atoms with Gasteiger partial charge in [-0.05, 0) is 0 Å². The van der Waals surface area contributed by atoms with Gasteiger partial charge in [-0.15, -0.1) is 0 Å². The first kappa shape index (κ1) is 7.54. The molecule has 1 heterocycles. The van der Waals surface area contributed by atoms with E-state index < -0.39 is 0 Å². The predicted octanol–water partition coefficient (Wildman–Crippen LogP) is -0.0100. The fourth-order valence-corrected chi connectivity index (χ4v) is 0.997. The Labute approximate surface area is 61.4 Å². The van der Waals surface area contributed by atoms with Crippen molar-refractivity contribution in [3.63, 3.8) is 0 Å². The van der Waals surface area contributed by atoms with Crippen molar-refractivity contribution in [1.82, 2.24) is 10.2 Å². The highest BCUT2D eigenvalue weighted by Gasteiger charge is 2.13. The zero-order valence-electron chi connectivity index (χ0n) is 6.26. The molecule has 1 aliphatic rings. The number of nitrogens with zero attached hydrogens (tertiary/aromatic N) is 1. The number of piperazine rings is 1. The molecule has 57 valence electrons. The van der Waals surface area contributed by atoms with E-state index in [0.29, 0.717) is 6.42 Å². The standard InChI is InChI=1S/C7H13N2O/c1-2-7(10)9-5-3-8-4-6-9/h5,8H,2-4,6H2,1H3. The van der Waals surface area contributed by atoms with Crippen molar-refractivity contribution in [1.29, 1.82) is 0 Å². The first-order valence-electron chi connectivity index (χ1n) is 3.68. The lowest BCUT2D eigenvalue weighted by Gasteiger charge is -2.26. The Bertz CT molecular complexity index is 119. The van der Waals surface area contributed by atoms with Gasteiger partial charge in [-0.25, -0.2) is 0 Å². The Balaban J connectivity index is 2.31. The van der Waals surface area contributed by atoms with Crippen LogP contribution in [0.5, 0.6) is 0 Å². The Hall–Kier alpha value is -0.570. The maximum absolute atomic E-state index is 11.0. The summed E-state index contributed by atoms with van der Waals surface area (Å²) in [4.78, 5) is 12.8. The SMILES string of the molecule is CCC(=O)N1[CH]CNCC1. The summed E-state index contributed by atoms with van der Waals surface area (Å²) >= 11 is 0. The Morgan fingerprint density at radius 2 is 2.60 bits per heavy atom. The lowest BCUT2D eigenvalue weighted by Crippen LogP contribution is -2.42. The smallest absolute Gasteiger partial charge is 0.222 e. The second kappa shape index (κ2) is 3.56. The highest BCUT2D eigenvalue weighted by molar-refractivity contribution is 5.76. The molecule has 0 bridgehead atoms. The van der Waals surface area contributed by atoms with Crippen LogP contribution in [0.15, 0.2) is 0 Å². The van der Waals surface area contributed by atoms with Crippen molar-refractivity contribution < 1.29 is 4.79 Å². The largest absolute Gasteiger partial charge is 0.335 e. The second-order valence-corrected chi connectivity index (χ2v) is 2.33. The molecule has 10 heavy (non-hydrogen) atoms.